The van der Waals surface area contributed by atoms with Crippen molar-refractivity contribution in [2.24, 2.45) is 0 Å². The van der Waals surface area contributed by atoms with E-state index in [1.165, 1.54) is 4.31 Å². The number of sulfonamides is 1. The standard InChI is InChI=1S/C26H30F2N2O4S/c1-17-8-9-24(18-6-4-3-5-7-18)35(33,34)30(17)14-19-10-23(28)21(11-22(19)27)26(12-20(31)13-29)15-25(2,32)16-26/h3-7,10-11,17,20,24,31-32H,8-9,12,14-16H2,1-2H3/t17-,20?,24+,25-,26+/m0/s1. The molecule has 0 radical (unpaired) electrons. The first kappa shape index (κ1) is 25.7. The van der Waals surface area contributed by atoms with Crippen molar-refractivity contribution in [3.63, 3.8) is 0 Å². The van der Waals surface area contributed by atoms with Crippen LogP contribution in [0, 0.1) is 23.0 Å². The molecule has 1 aliphatic carbocycles. The van der Waals surface area contributed by atoms with E-state index < -0.39 is 44.0 Å². The molecule has 2 aromatic rings. The summed E-state index contributed by atoms with van der Waals surface area (Å²) in [5.41, 5.74) is -1.62. The van der Waals surface area contributed by atoms with Crippen molar-refractivity contribution < 1.29 is 27.4 Å². The summed E-state index contributed by atoms with van der Waals surface area (Å²) in [7, 11) is -3.82. The fraction of sp³-hybridized carbons (Fsp3) is 0.500. The van der Waals surface area contributed by atoms with E-state index in [2.05, 4.69) is 0 Å². The van der Waals surface area contributed by atoms with E-state index in [0.29, 0.717) is 18.4 Å². The van der Waals surface area contributed by atoms with E-state index in [-0.39, 0.29) is 43.0 Å². The van der Waals surface area contributed by atoms with Crippen molar-refractivity contribution in [2.45, 2.75) is 80.9 Å². The lowest BCUT2D eigenvalue weighted by Gasteiger charge is -2.52. The minimum atomic E-state index is -3.82. The summed E-state index contributed by atoms with van der Waals surface area (Å²) in [5.74, 6) is -1.51. The maximum atomic E-state index is 15.4. The Morgan fingerprint density at radius 3 is 2.43 bits per heavy atom. The van der Waals surface area contributed by atoms with Gasteiger partial charge in [0.15, 0.2) is 0 Å². The van der Waals surface area contributed by atoms with E-state index in [1.54, 1.807) is 44.2 Å². The van der Waals surface area contributed by atoms with Gasteiger partial charge in [0.2, 0.25) is 10.0 Å². The van der Waals surface area contributed by atoms with E-state index in [1.807, 2.05) is 6.07 Å². The molecule has 0 spiro atoms. The molecule has 1 aliphatic heterocycles. The maximum Gasteiger partial charge on any atom is 0.221 e. The van der Waals surface area contributed by atoms with Gasteiger partial charge in [0.1, 0.15) is 23.0 Å². The average molecular weight is 505 g/mol. The van der Waals surface area contributed by atoms with Gasteiger partial charge in [-0.05, 0) is 69.2 Å². The van der Waals surface area contributed by atoms with Crippen molar-refractivity contribution >= 4 is 10.0 Å². The molecule has 4 rings (SSSR count). The monoisotopic (exact) mass is 504 g/mol. The van der Waals surface area contributed by atoms with Crippen LogP contribution in [0.2, 0.25) is 0 Å². The molecule has 1 saturated carbocycles. The summed E-state index contributed by atoms with van der Waals surface area (Å²) in [4.78, 5) is 0. The fourth-order valence-electron chi connectivity index (χ4n) is 5.90. The predicted octanol–water partition coefficient (Wildman–Crippen LogP) is 4.08. The van der Waals surface area contributed by atoms with Gasteiger partial charge in [0.05, 0.1) is 11.7 Å². The molecule has 9 heteroatoms. The summed E-state index contributed by atoms with van der Waals surface area (Å²) in [5, 5.41) is 28.5. The largest absolute Gasteiger partial charge is 0.390 e. The van der Waals surface area contributed by atoms with E-state index in [4.69, 9.17) is 5.26 Å². The highest BCUT2D eigenvalue weighted by molar-refractivity contribution is 7.89. The Labute approximate surface area is 204 Å². The highest BCUT2D eigenvalue weighted by atomic mass is 32.2. The van der Waals surface area contributed by atoms with Crippen LogP contribution >= 0.6 is 0 Å². The van der Waals surface area contributed by atoms with E-state index >= 15 is 8.78 Å². The zero-order valence-corrected chi connectivity index (χ0v) is 20.6. The van der Waals surface area contributed by atoms with Gasteiger partial charge in [-0.1, -0.05) is 30.3 Å². The Balaban J connectivity index is 1.65. The molecule has 2 fully saturated rings. The van der Waals surface area contributed by atoms with Crippen LogP contribution in [0.15, 0.2) is 42.5 Å². The highest BCUT2D eigenvalue weighted by Gasteiger charge is 2.54. The summed E-state index contributed by atoms with van der Waals surface area (Å²) in [6, 6.07) is 12.2. The predicted molar refractivity (Wildman–Crippen MR) is 126 cm³/mol. The minimum Gasteiger partial charge on any atom is -0.390 e. The molecule has 6 nitrogen and oxygen atoms in total. The summed E-state index contributed by atoms with van der Waals surface area (Å²) >= 11 is 0. The number of rotatable bonds is 6. The first-order chi connectivity index (χ1) is 16.4. The molecule has 188 valence electrons. The van der Waals surface area contributed by atoms with Crippen LogP contribution in [0.4, 0.5) is 8.78 Å². The number of nitrogens with zero attached hydrogens (tertiary/aromatic N) is 2. The molecule has 2 aliphatic rings. The second kappa shape index (κ2) is 9.25. The second-order valence-electron chi connectivity index (χ2n) is 10.3. The summed E-state index contributed by atoms with van der Waals surface area (Å²) < 4.78 is 58.8. The zero-order chi connectivity index (χ0) is 25.6. The van der Waals surface area contributed by atoms with Gasteiger partial charge in [-0.3, -0.25) is 0 Å². The lowest BCUT2D eigenvalue weighted by atomic mass is 9.54. The minimum absolute atomic E-state index is 0.0173. The topological polar surface area (TPSA) is 102 Å². The van der Waals surface area contributed by atoms with Gasteiger partial charge in [-0.15, -0.1) is 0 Å². The third-order valence-corrected chi connectivity index (χ3v) is 9.77. The Hall–Kier alpha value is -2.38. The molecule has 0 bridgehead atoms. The Bertz CT molecular complexity index is 1240. The van der Waals surface area contributed by atoms with Crippen molar-refractivity contribution in [2.75, 3.05) is 0 Å². The number of halogens is 2. The van der Waals surface area contributed by atoms with Crippen LogP contribution in [0.5, 0.6) is 0 Å². The molecule has 1 saturated heterocycles. The van der Waals surface area contributed by atoms with Crippen LogP contribution < -0.4 is 0 Å². The molecule has 2 N–H and O–H groups in total. The summed E-state index contributed by atoms with van der Waals surface area (Å²) in [6.07, 6.45) is -0.335. The second-order valence-corrected chi connectivity index (χ2v) is 12.4. The van der Waals surface area contributed by atoms with Gasteiger partial charge >= 0.3 is 0 Å². The van der Waals surface area contributed by atoms with Crippen LogP contribution in [-0.2, 0) is 22.0 Å². The lowest BCUT2D eigenvalue weighted by Crippen LogP contribution is -2.54. The maximum absolute atomic E-state index is 15.4. The van der Waals surface area contributed by atoms with Crippen molar-refractivity contribution in [3.05, 3.63) is 70.8 Å². The smallest absolute Gasteiger partial charge is 0.221 e. The van der Waals surface area contributed by atoms with Crippen LogP contribution in [0.25, 0.3) is 0 Å². The SMILES string of the molecule is C[C@H]1CC[C@H](c2ccccc2)S(=O)(=O)N1Cc1cc(F)c([C@]2(CC(O)C#N)C[C@](C)(O)C2)cc1F. The number of aliphatic hydroxyl groups excluding tert-OH is 1. The highest BCUT2D eigenvalue weighted by Crippen LogP contribution is 2.54. The molecule has 1 unspecified atom stereocenters. The lowest BCUT2D eigenvalue weighted by molar-refractivity contribution is -0.0877. The van der Waals surface area contributed by atoms with E-state index in [9.17, 15) is 18.6 Å². The number of hydrogen-bond donors (Lipinski definition) is 2. The number of benzene rings is 2. The molecule has 0 amide bonds. The number of hydrogen-bond acceptors (Lipinski definition) is 5. The van der Waals surface area contributed by atoms with Gasteiger partial charge in [0.25, 0.3) is 0 Å². The number of nitriles is 1. The van der Waals surface area contributed by atoms with Crippen LogP contribution in [0.1, 0.15) is 67.9 Å². The van der Waals surface area contributed by atoms with Crippen molar-refractivity contribution in [1.29, 1.82) is 5.26 Å². The molecule has 3 atom stereocenters. The Kier molecular flexibility index (Phi) is 6.79. The normalized spacial score (nSPS) is 31.3. The third-order valence-electron chi connectivity index (χ3n) is 7.40. The molecule has 35 heavy (non-hydrogen) atoms. The molecule has 1 heterocycles. The van der Waals surface area contributed by atoms with Gasteiger partial charge in [0, 0.05) is 23.6 Å². The molecular weight excluding hydrogens is 474 g/mol. The van der Waals surface area contributed by atoms with Gasteiger partial charge < -0.3 is 10.2 Å². The third kappa shape index (κ3) is 4.85. The first-order valence-electron chi connectivity index (χ1n) is 11.7. The molecule has 2 aromatic carbocycles. The average Bonchev–Trinajstić information content (AvgIpc) is 2.77. The van der Waals surface area contributed by atoms with Gasteiger partial charge in [-0.2, -0.15) is 9.57 Å². The quantitative estimate of drug-likeness (QED) is 0.578. The Morgan fingerprint density at radius 2 is 1.83 bits per heavy atom. The Morgan fingerprint density at radius 1 is 1.17 bits per heavy atom. The van der Waals surface area contributed by atoms with Crippen LogP contribution in [0.3, 0.4) is 0 Å². The first-order valence-corrected chi connectivity index (χ1v) is 13.2. The molecule has 0 aromatic heterocycles. The summed E-state index contributed by atoms with van der Waals surface area (Å²) in [6.45, 7) is 3.02. The fourth-order valence-corrected chi connectivity index (χ4v) is 8.09. The van der Waals surface area contributed by atoms with Crippen molar-refractivity contribution in [3.8, 4) is 6.07 Å². The van der Waals surface area contributed by atoms with Gasteiger partial charge in [-0.25, -0.2) is 17.2 Å². The number of aliphatic hydroxyl groups is 2. The van der Waals surface area contributed by atoms with Crippen molar-refractivity contribution in [1.82, 2.24) is 4.31 Å². The zero-order valence-electron chi connectivity index (χ0n) is 19.8. The molecular formula is C26H30F2N2O4S. The van der Waals surface area contributed by atoms with E-state index in [0.717, 1.165) is 12.1 Å². The van der Waals surface area contributed by atoms with Crippen LogP contribution in [-0.4, -0.2) is 40.7 Å².